The minimum Gasteiger partial charge on any atom is -0.479 e. The lowest BCUT2D eigenvalue weighted by Crippen LogP contribution is -1.95. The molecule has 0 saturated heterocycles. The van der Waals surface area contributed by atoms with E-state index >= 15 is 0 Å². The van der Waals surface area contributed by atoms with Crippen LogP contribution in [0.25, 0.3) is 21.8 Å². The van der Waals surface area contributed by atoms with Gasteiger partial charge in [0.05, 0.1) is 36.8 Å². The molecule has 0 aliphatic rings. The largest absolute Gasteiger partial charge is 0.479 e. The summed E-state index contributed by atoms with van der Waals surface area (Å²) in [5.41, 5.74) is 3.79. The number of aromatic amines is 2. The van der Waals surface area contributed by atoms with E-state index in [4.69, 9.17) is 9.47 Å². The molecule has 0 spiro atoms. The molecular weight excluding hydrogens is 352 g/mol. The fourth-order valence-corrected chi connectivity index (χ4v) is 3.23. The van der Waals surface area contributed by atoms with Crippen molar-refractivity contribution in [2.75, 3.05) is 13.2 Å². The van der Waals surface area contributed by atoms with Gasteiger partial charge in [0.1, 0.15) is 0 Å². The molecule has 2 aromatic heterocycles. The molecule has 0 saturated carbocycles. The van der Waals surface area contributed by atoms with Gasteiger partial charge in [0.2, 0.25) is 11.8 Å². The van der Waals surface area contributed by atoms with Crippen molar-refractivity contribution in [2.24, 2.45) is 10.2 Å². The number of para-hydroxylation sites is 2. The van der Waals surface area contributed by atoms with Crippen LogP contribution >= 0.6 is 0 Å². The number of fused-ring (bicyclic) bond motifs is 2. The van der Waals surface area contributed by atoms with Gasteiger partial charge in [-0.05, 0) is 26.0 Å². The topological polar surface area (TPSA) is 74.8 Å². The van der Waals surface area contributed by atoms with Gasteiger partial charge in [0, 0.05) is 21.8 Å². The Morgan fingerprint density at radius 1 is 0.714 bits per heavy atom. The second-order valence-corrected chi connectivity index (χ2v) is 6.18. The van der Waals surface area contributed by atoms with Crippen molar-refractivity contribution in [3.63, 3.8) is 0 Å². The molecule has 0 aliphatic carbocycles. The van der Waals surface area contributed by atoms with Gasteiger partial charge < -0.3 is 19.4 Å². The number of ether oxygens (including phenoxy) is 2. The molecule has 4 aromatic rings. The van der Waals surface area contributed by atoms with E-state index in [0.29, 0.717) is 25.0 Å². The lowest BCUT2D eigenvalue weighted by Gasteiger charge is -2.00. The van der Waals surface area contributed by atoms with Gasteiger partial charge in [0.25, 0.3) is 0 Å². The van der Waals surface area contributed by atoms with Crippen molar-refractivity contribution in [3.05, 3.63) is 59.7 Å². The Bertz CT molecular complexity index is 1060. The van der Waals surface area contributed by atoms with Crippen LogP contribution in [0.1, 0.15) is 25.0 Å². The number of benzene rings is 2. The van der Waals surface area contributed by atoms with E-state index < -0.39 is 0 Å². The van der Waals surface area contributed by atoms with Gasteiger partial charge >= 0.3 is 0 Å². The second kappa shape index (κ2) is 8.00. The summed E-state index contributed by atoms with van der Waals surface area (Å²) in [6.45, 7) is 5.06. The fraction of sp³-hybridized carbons (Fsp3) is 0.182. The van der Waals surface area contributed by atoms with Crippen molar-refractivity contribution < 1.29 is 9.47 Å². The summed E-state index contributed by atoms with van der Waals surface area (Å²) in [7, 11) is 0. The Labute approximate surface area is 162 Å². The van der Waals surface area contributed by atoms with E-state index in [2.05, 4.69) is 20.2 Å². The standard InChI is InChI=1S/C22H22N4O2/c1-3-27-21-17(15-9-5-7-11-19(15)25-21)13-23-24-14-18-16-10-6-8-12-20(16)26-22(18)28-4-2/h5-14,25-26H,3-4H2,1-2H3. The van der Waals surface area contributed by atoms with E-state index in [0.717, 1.165) is 32.9 Å². The average Bonchev–Trinajstić information content (AvgIpc) is 3.24. The Morgan fingerprint density at radius 2 is 1.14 bits per heavy atom. The third-order valence-corrected chi connectivity index (χ3v) is 4.44. The predicted molar refractivity (Wildman–Crippen MR) is 114 cm³/mol. The minimum atomic E-state index is 0.573. The van der Waals surface area contributed by atoms with Crippen LogP contribution < -0.4 is 9.47 Å². The number of hydrogen-bond acceptors (Lipinski definition) is 4. The van der Waals surface area contributed by atoms with Crippen molar-refractivity contribution >= 4 is 34.2 Å². The van der Waals surface area contributed by atoms with E-state index in [1.165, 1.54) is 0 Å². The molecule has 0 aliphatic heterocycles. The van der Waals surface area contributed by atoms with Crippen molar-refractivity contribution in [2.45, 2.75) is 13.8 Å². The number of H-pyrrole nitrogens is 2. The molecule has 2 N–H and O–H groups in total. The molecule has 0 amide bonds. The molecule has 0 bridgehead atoms. The number of rotatable bonds is 7. The highest BCUT2D eigenvalue weighted by Crippen LogP contribution is 2.27. The zero-order valence-corrected chi connectivity index (χ0v) is 15.9. The summed E-state index contributed by atoms with van der Waals surface area (Å²) in [4.78, 5) is 6.56. The van der Waals surface area contributed by atoms with Crippen LogP contribution in [0.2, 0.25) is 0 Å². The highest BCUT2D eigenvalue weighted by atomic mass is 16.5. The van der Waals surface area contributed by atoms with E-state index in [1.807, 2.05) is 62.4 Å². The zero-order chi connectivity index (χ0) is 19.3. The number of nitrogens with zero attached hydrogens (tertiary/aromatic N) is 2. The smallest absolute Gasteiger partial charge is 0.201 e. The summed E-state index contributed by atoms with van der Waals surface area (Å²) >= 11 is 0. The van der Waals surface area contributed by atoms with Crippen LogP contribution in [0.5, 0.6) is 11.8 Å². The Hall–Kier alpha value is -3.54. The maximum absolute atomic E-state index is 5.71. The summed E-state index contributed by atoms with van der Waals surface area (Å²) < 4.78 is 11.4. The van der Waals surface area contributed by atoms with Crippen molar-refractivity contribution in [1.82, 2.24) is 9.97 Å². The molecule has 0 atom stereocenters. The summed E-state index contributed by atoms with van der Waals surface area (Å²) in [5.74, 6) is 1.40. The Morgan fingerprint density at radius 3 is 1.57 bits per heavy atom. The highest BCUT2D eigenvalue weighted by Gasteiger charge is 2.11. The first-order valence-corrected chi connectivity index (χ1v) is 9.35. The van der Waals surface area contributed by atoms with Gasteiger partial charge in [-0.25, -0.2) is 0 Å². The maximum Gasteiger partial charge on any atom is 0.201 e. The summed E-state index contributed by atoms with van der Waals surface area (Å²) in [6, 6.07) is 16.1. The third-order valence-electron chi connectivity index (χ3n) is 4.44. The minimum absolute atomic E-state index is 0.573. The first kappa shape index (κ1) is 17.9. The van der Waals surface area contributed by atoms with Crippen LogP contribution in [0, 0.1) is 0 Å². The highest BCUT2D eigenvalue weighted by molar-refractivity contribution is 6.03. The van der Waals surface area contributed by atoms with Crippen LogP contribution in [-0.4, -0.2) is 35.6 Å². The van der Waals surface area contributed by atoms with Gasteiger partial charge in [-0.2, -0.15) is 10.2 Å². The predicted octanol–water partition coefficient (Wildman–Crippen LogP) is 4.90. The first-order chi connectivity index (χ1) is 13.8. The van der Waals surface area contributed by atoms with E-state index in [1.54, 1.807) is 12.4 Å². The van der Waals surface area contributed by atoms with Crippen LogP contribution in [0.4, 0.5) is 0 Å². The van der Waals surface area contributed by atoms with Gasteiger partial charge in [-0.1, -0.05) is 36.4 Å². The molecule has 2 heterocycles. The molecule has 28 heavy (non-hydrogen) atoms. The molecule has 2 aromatic carbocycles. The molecular formula is C22H22N4O2. The van der Waals surface area contributed by atoms with Gasteiger partial charge in [0.15, 0.2) is 0 Å². The second-order valence-electron chi connectivity index (χ2n) is 6.18. The van der Waals surface area contributed by atoms with Crippen molar-refractivity contribution in [1.29, 1.82) is 0 Å². The molecule has 0 fully saturated rings. The lowest BCUT2D eigenvalue weighted by atomic mass is 10.2. The SMILES string of the molecule is CCOc1[nH]c2ccccc2c1C=NN=Cc1c(OCC)[nH]c2ccccc12. The molecule has 0 radical (unpaired) electrons. The molecule has 142 valence electrons. The monoisotopic (exact) mass is 374 g/mol. The quantitative estimate of drug-likeness (QED) is 0.357. The molecule has 4 rings (SSSR count). The van der Waals surface area contributed by atoms with E-state index in [9.17, 15) is 0 Å². The average molecular weight is 374 g/mol. The van der Waals surface area contributed by atoms with Crippen molar-refractivity contribution in [3.8, 4) is 11.8 Å². The number of aromatic nitrogens is 2. The molecule has 0 unspecified atom stereocenters. The van der Waals surface area contributed by atoms with Crippen LogP contribution in [0.3, 0.4) is 0 Å². The van der Waals surface area contributed by atoms with Gasteiger partial charge in [-0.15, -0.1) is 0 Å². The third kappa shape index (κ3) is 3.36. The van der Waals surface area contributed by atoms with Crippen LogP contribution in [-0.2, 0) is 0 Å². The molecule has 6 heteroatoms. The zero-order valence-electron chi connectivity index (χ0n) is 15.9. The van der Waals surface area contributed by atoms with Gasteiger partial charge in [-0.3, -0.25) is 0 Å². The molecule has 6 nitrogen and oxygen atoms in total. The number of nitrogens with one attached hydrogen (secondary N) is 2. The maximum atomic E-state index is 5.71. The number of hydrogen-bond donors (Lipinski definition) is 2. The summed E-state index contributed by atoms with van der Waals surface area (Å²) in [6.07, 6.45) is 3.44. The summed E-state index contributed by atoms with van der Waals surface area (Å²) in [5, 5.41) is 10.6. The van der Waals surface area contributed by atoms with Crippen LogP contribution in [0.15, 0.2) is 58.7 Å². The fourth-order valence-electron chi connectivity index (χ4n) is 3.23. The lowest BCUT2D eigenvalue weighted by molar-refractivity contribution is 0.329. The van der Waals surface area contributed by atoms with E-state index in [-0.39, 0.29) is 0 Å². The normalized spacial score (nSPS) is 11.9. The first-order valence-electron chi connectivity index (χ1n) is 9.35. The Kier molecular flexibility index (Phi) is 5.10. The Balaban J connectivity index is 1.67.